The van der Waals surface area contributed by atoms with Crippen LogP contribution >= 0.6 is 0 Å². The molecule has 1 aromatic carbocycles. The van der Waals surface area contributed by atoms with Crippen molar-refractivity contribution in [1.82, 2.24) is 4.90 Å². The number of nitrogens with zero attached hydrogens (tertiary/aromatic N) is 2. The average molecular weight is 388 g/mol. The molecule has 2 heterocycles. The third-order valence-corrected chi connectivity index (χ3v) is 5.30. The second kappa shape index (κ2) is 8.84. The summed E-state index contributed by atoms with van der Waals surface area (Å²) in [7, 11) is 0. The van der Waals surface area contributed by atoms with Crippen molar-refractivity contribution in [2.24, 2.45) is 5.92 Å². The smallest absolute Gasteiger partial charge is 0.410 e. The predicted octanol–water partition coefficient (Wildman–Crippen LogP) is 4.26. The van der Waals surface area contributed by atoms with Gasteiger partial charge in [0.2, 0.25) is 5.91 Å². The third kappa shape index (κ3) is 5.40. The summed E-state index contributed by atoms with van der Waals surface area (Å²) in [6.07, 6.45) is 4.92. The van der Waals surface area contributed by atoms with E-state index in [2.05, 4.69) is 16.3 Å². The van der Waals surface area contributed by atoms with Gasteiger partial charge in [-0.15, -0.1) is 0 Å². The molecule has 154 valence electrons. The molecule has 0 spiro atoms. The summed E-state index contributed by atoms with van der Waals surface area (Å²) in [6, 6.07) is 8.02. The Bertz CT molecular complexity index is 693. The lowest BCUT2D eigenvalue weighted by Crippen LogP contribution is -2.45. The van der Waals surface area contributed by atoms with Crippen LogP contribution in [0, 0.1) is 5.92 Å². The van der Waals surface area contributed by atoms with Gasteiger partial charge in [0.15, 0.2) is 0 Å². The number of rotatable bonds is 3. The number of carbonyl (C=O) groups excluding carboxylic acids is 2. The molecule has 1 aromatic rings. The fourth-order valence-electron chi connectivity index (χ4n) is 3.91. The maximum atomic E-state index is 12.9. The van der Waals surface area contributed by atoms with Crippen molar-refractivity contribution in [3.8, 4) is 0 Å². The topological polar surface area (TPSA) is 61.9 Å². The molecule has 2 aliphatic heterocycles. The van der Waals surface area contributed by atoms with E-state index >= 15 is 0 Å². The van der Waals surface area contributed by atoms with Crippen LogP contribution in [0.15, 0.2) is 24.3 Å². The van der Waals surface area contributed by atoms with Crippen LogP contribution in [0.3, 0.4) is 0 Å². The molecule has 0 aliphatic carbocycles. The first kappa shape index (κ1) is 20.5. The molecular weight excluding hydrogens is 354 g/mol. The molecule has 0 bridgehead atoms. The number of likely N-dealkylation sites (tertiary alicyclic amines) is 1. The number of para-hydroxylation sites is 2. The fourth-order valence-corrected chi connectivity index (χ4v) is 3.91. The van der Waals surface area contributed by atoms with Crippen LogP contribution in [0.25, 0.3) is 0 Å². The van der Waals surface area contributed by atoms with Crippen LogP contribution in [-0.2, 0) is 9.53 Å². The number of amides is 2. The van der Waals surface area contributed by atoms with Crippen molar-refractivity contribution in [3.63, 3.8) is 0 Å². The van der Waals surface area contributed by atoms with Gasteiger partial charge in [-0.3, -0.25) is 4.79 Å². The van der Waals surface area contributed by atoms with Crippen molar-refractivity contribution in [3.05, 3.63) is 24.3 Å². The molecule has 1 unspecified atom stereocenters. The normalized spacial score (nSPS) is 20.6. The number of hydrogen-bond donors (Lipinski definition) is 1. The lowest BCUT2D eigenvalue weighted by molar-refractivity contribution is -0.121. The van der Waals surface area contributed by atoms with E-state index in [1.807, 2.05) is 39.0 Å². The van der Waals surface area contributed by atoms with Gasteiger partial charge in [0.25, 0.3) is 0 Å². The summed E-state index contributed by atoms with van der Waals surface area (Å²) in [4.78, 5) is 29.3. The molecule has 1 N–H and O–H groups in total. The Hall–Kier alpha value is -2.24. The maximum Gasteiger partial charge on any atom is 0.410 e. The second-order valence-electron chi connectivity index (χ2n) is 8.82. The lowest BCUT2D eigenvalue weighted by atomic mass is 9.97. The second-order valence-corrected chi connectivity index (χ2v) is 8.82. The number of hydrogen-bond acceptors (Lipinski definition) is 4. The Kier molecular flexibility index (Phi) is 6.47. The van der Waals surface area contributed by atoms with Crippen LogP contribution in [-0.4, -0.2) is 48.7 Å². The maximum absolute atomic E-state index is 12.9. The Morgan fingerprint density at radius 1 is 1.04 bits per heavy atom. The minimum absolute atomic E-state index is 0.0160. The number of benzene rings is 1. The highest BCUT2D eigenvalue weighted by Gasteiger charge is 2.31. The van der Waals surface area contributed by atoms with Gasteiger partial charge in [-0.2, -0.15) is 0 Å². The number of carbonyl (C=O) groups is 2. The van der Waals surface area contributed by atoms with Crippen LogP contribution in [0.2, 0.25) is 0 Å². The summed E-state index contributed by atoms with van der Waals surface area (Å²) < 4.78 is 5.47. The standard InChI is InChI=1S/C22H33N3O3/c1-22(2,3)28-21(27)25-15-9-10-17(16-25)20(26)23-18-11-5-6-12-19(18)24-13-7-4-8-14-24/h5-6,11-12,17H,4,7-10,13-16H2,1-3H3,(H,23,26). The SMILES string of the molecule is CC(C)(C)OC(=O)N1CCCC(C(=O)Nc2ccccc2N2CCCCC2)C1. The van der Waals surface area contributed by atoms with E-state index in [9.17, 15) is 9.59 Å². The summed E-state index contributed by atoms with van der Waals surface area (Å²) in [6.45, 7) is 8.69. The van der Waals surface area contributed by atoms with Gasteiger partial charge in [-0.25, -0.2) is 4.79 Å². The average Bonchev–Trinajstić information content (AvgIpc) is 2.68. The Labute approximate surface area is 168 Å². The van der Waals surface area contributed by atoms with Gasteiger partial charge in [-0.1, -0.05) is 12.1 Å². The van der Waals surface area contributed by atoms with Gasteiger partial charge >= 0.3 is 6.09 Å². The highest BCUT2D eigenvalue weighted by atomic mass is 16.6. The van der Waals surface area contributed by atoms with E-state index in [4.69, 9.17) is 4.74 Å². The van der Waals surface area contributed by atoms with Crippen LogP contribution in [0.1, 0.15) is 52.9 Å². The highest BCUT2D eigenvalue weighted by Crippen LogP contribution is 2.29. The molecule has 2 amide bonds. The van der Waals surface area contributed by atoms with E-state index < -0.39 is 5.60 Å². The molecule has 1 atom stereocenters. The minimum atomic E-state index is -0.528. The van der Waals surface area contributed by atoms with Gasteiger partial charge in [-0.05, 0) is 65.0 Å². The largest absolute Gasteiger partial charge is 0.444 e. The molecule has 6 heteroatoms. The Balaban J connectivity index is 1.64. The van der Waals surface area contributed by atoms with Crippen LogP contribution in [0.5, 0.6) is 0 Å². The van der Waals surface area contributed by atoms with Crippen molar-refractivity contribution >= 4 is 23.4 Å². The summed E-state index contributed by atoms with van der Waals surface area (Å²) >= 11 is 0. The zero-order chi connectivity index (χ0) is 20.1. The zero-order valence-electron chi connectivity index (χ0n) is 17.4. The van der Waals surface area contributed by atoms with Crippen molar-refractivity contribution in [2.45, 2.75) is 58.5 Å². The van der Waals surface area contributed by atoms with Crippen LogP contribution < -0.4 is 10.2 Å². The van der Waals surface area contributed by atoms with Crippen molar-refractivity contribution < 1.29 is 14.3 Å². The molecule has 0 saturated carbocycles. The molecule has 2 fully saturated rings. The number of anilines is 2. The van der Waals surface area contributed by atoms with Gasteiger partial charge < -0.3 is 19.9 Å². The lowest BCUT2D eigenvalue weighted by Gasteiger charge is -2.34. The molecule has 0 aromatic heterocycles. The third-order valence-electron chi connectivity index (χ3n) is 5.30. The van der Waals surface area contributed by atoms with Crippen molar-refractivity contribution in [2.75, 3.05) is 36.4 Å². The van der Waals surface area contributed by atoms with E-state index in [0.29, 0.717) is 13.1 Å². The number of nitrogens with one attached hydrogen (secondary N) is 1. The van der Waals surface area contributed by atoms with E-state index in [-0.39, 0.29) is 17.9 Å². The minimum Gasteiger partial charge on any atom is -0.444 e. The highest BCUT2D eigenvalue weighted by molar-refractivity contribution is 5.96. The Morgan fingerprint density at radius 2 is 1.75 bits per heavy atom. The molecule has 2 saturated heterocycles. The van der Waals surface area contributed by atoms with Gasteiger partial charge in [0, 0.05) is 26.2 Å². The first-order valence-electron chi connectivity index (χ1n) is 10.5. The molecule has 2 aliphatic rings. The first-order chi connectivity index (χ1) is 13.3. The molecule has 3 rings (SSSR count). The van der Waals surface area contributed by atoms with E-state index in [1.165, 1.54) is 19.3 Å². The number of piperidine rings is 2. The van der Waals surface area contributed by atoms with E-state index in [1.54, 1.807) is 4.90 Å². The quantitative estimate of drug-likeness (QED) is 0.842. The van der Waals surface area contributed by atoms with Crippen molar-refractivity contribution in [1.29, 1.82) is 0 Å². The predicted molar refractivity (Wildman–Crippen MR) is 112 cm³/mol. The Morgan fingerprint density at radius 3 is 2.46 bits per heavy atom. The summed E-state index contributed by atoms with van der Waals surface area (Å²) in [5, 5.41) is 3.13. The van der Waals surface area contributed by atoms with Gasteiger partial charge in [0.05, 0.1) is 17.3 Å². The van der Waals surface area contributed by atoms with Crippen LogP contribution in [0.4, 0.5) is 16.2 Å². The summed E-state index contributed by atoms with van der Waals surface area (Å²) in [5.41, 5.74) is 1.43. The molecule has 6 nitrogen and oxygen atoms in total. The van der Waals surface area contributed by atoms with E-state index in [0.717, 1.165) is 37.3 Å². The monoisotopic (exact) mass is 387 g/mol. The molecular formula is C22H33N3O3. The zero-order valence-corrected chi connectivity index (χ0v) is 17.4. The summed E-state index contributed by atoms with van der Waals surface area (Å²) in [5.74, 6) is -0.228. The fraction of sp³-hybridized carbons (Fsp3) is 0.636. The first-order valence-corrected chi connectivity index (χ1v) is 10.5. The number of ether oxygens (including phenoxy) is 1. The molecule has 28 heavy (non-hydrogen) atoms. The van der Waals surface area contributed by atoms with Gasteiger partial charge in [0.1, 0.15) is 5.60 Å². The molecule has 0 radical (unpaired) electrons.